The molecular formula is C25H25N3O2. The summed E-state index contributed by atoms with van der Waals surface area (Å²) in [5.41, 5.74) is 4.99. The van der Waals surface area contributed by atoms with E-state index >= 15 is 0 Å². The molecule has 3 aromatic rings. The van der Waals surface area contributed by atoms with Crippen LogP contribution in [0.4, 0.5) is 5.69 Å². The monoisotopic (exact) mass is 399 g/mol. The van der Waals surface area contributed by atoms with Gasteiger partial charge in [-0.05, 0) is 35.4 Å². The van der Waals surface area contributed by atoms with E-state index < -0.39 is 0 Å². The number of anilines is 1. The average molecular weight is 399 g/mol. The normalized spacial score (nSPS) is 14.4. The summed E-state index contributed by atoms with van der Waals surface area (Å²) in [5, 5.41) is 6.28. The fourth-order valence-electron chi connectivity index (χ4n) is 3.79. The summed E-state index contributed by atoms with van der Waals surface area (Å²) < 4.78 is 0. The van der Waals surface area contributed by atoms with E-state index in [4.69, 9.17) is 0 Å². The molecule has 4 rings (SSSR count). The Morgan fingerprint density at radius 2 is 1.70 bits per heavy atom. The van der Waals surface area contributed by atoms with Crippen molar-refractivity contribution in [3.63, 3.8) is 0 Å². The van der Waals surface area contributed by atoms with Gasteiger partial charge in [-0.2, -0.15) is 5.10 Å². The molecule has 1 heterocycles. The second kappa shape index (κ2) is 8.91. The molecule has 0 aromatic heterocycles. The molecule has 2 amide bonds. The minimum absolute atomic E-state index is 0.161. The number of carbonyl (C=O) groups excluding carboxylic acids is 2. The summed E-state index contributed by atoms with van der Waals surface area (Å²) >= 11 is 0. The minimum Gasteiger partial charge on any atom is -0.306 e. The molecule has 3 aromatic carbocycles. The maximum Gasteiger partial charge on any atom is 0.279 e. The van der Waals surface area contributed by atoms with Gasteiger partial charge >= 0.3 is 0 Å². The second-order valence-corrected chi connectivity index (χ2v) is 7.50. The smallest absolute Gasteiger partial charge is 0.279 e. The van der Waals surface area contributed by atoms with Crippen LogP contribution in [0.5, 0.6) is 0 Å². The van der Waals surface area contributed by atoms with Crippen molar-refractivity contribution in [1.82, 2.24) is 5.43 Å². The molecule has 0 fully saturated rings. The maximum absolute atomic E-state index is 13.0. The van der Waals surface area contributed by atoms with E-state index in [1.807, 2.05) is 60.7 Å². The Bertz CT molecular complexity index is 1120. The lowest BCUT2D eigenvalue weighted by Gasteiger charge is -2.16. The third kappa shape index (κ3) is 3.96. The summed E-state index contributed by atoms with van der Waals surface area (Å²) in [6.07, 6.45) is 4.35. The Morgan fingerprint density at radius 1 is 0.933 bits per heavy atom. The first-order chi connectivity index (χ1) is 14.7. The number of amides is 2. The quantitative estimate of drug-likeness (QED) is 0.454. The maximum atomic E-state index is 13.0. The van der Waals surface area contributed by atoms with Gasteiger partial charge < -0.3 is 4.90 Å². The third-order valence-electron chi connectivity index (χ3n) is 5.41. The van der Waals surface area contributed by atoms with Gasteiger partial charge in [-0.25, -0.2) is 5.43 Å². The first-order valence-corrected chi connectivity index (χ1v) is 10.5. The van der Waals surface area contributed by atoms with Gasteiger partial charge in [0.05, 0.1) is 5.69 Å². The summed E-state index contributed by atoms with van der Waals surface area (Å²) in [4.78, 5) is 27.4. The zero-order valence-electron chi connectivity index (χ0n) is 17.1. The number of para-hydroxylation sites is 1. The largest absolute Gasteiger partial charge is 0.306 e. The average Bonchev–Trinajstić information content (AvgIpc) is 3.05. The van der Waals surface area contributed by atoms with Crippen molar-refractivity contribution in [3.05, 3.63) is 77.9 Å². The summed E-state index contributed by atoms with van der Waals surface area (Å²) in [6.45, 7) is 2.83. The number of nitrogens with zero attached hydrogens (tertiary/aromatic N) is 2. The molecule has 1 aliphatic heterocycles. The van der Waals surface area contributed by atoms with Crippen LogP contribution in [0.25, 0.3) is 10.8 Å². The Morgan fingerprint density at radius 3 is 2.53 bits per heavy atom. The zero-order valence-corrected chi connectivity index (χ0v) is 17.1. The predicted molar refractivity (Wildman–Crippen MR) is 121 cm³/mol. The number of hydrogen-bond acceptors (Lipinski definition) is 3. The fourth-order valence-corrected chi connectivity index (χ4v) is 3.79. The van der Waals surface area contributed by atoms with Crippen molar-refractivity contribution in [2.24, 2.45) is 5.10 Å². The van der Waals surface area contributed by atoms with Gasteiger partial charge in [0, 0.05) is 17.7 Å². The van der Waals surface area contributed by atoms with Gasteiger partial charge in [-0.1, -0.05) is 74.7 Å². The Labute approximate surface area is 176 Å². The van der Waals surface area contributed by atoms with Gasteiger partial charge in [-0.3, -0.25) is 9.59 Å². The molecule has 0 saturated carbocycles. The van der Waals surface area contributed by atoms with E-state index in [0.717, 1.165) is 47.7 Å². The Balaban J connectivity index is 1.53. The number of unbranched alkanes of at least 4 members (excludes halogenated alkanes) is 3. The molecular weight excluding hydrogens is 374 g/mol. The standard InChI is InChI=1S/C25H25N3O2/c1-2-3-4-9-16-28-22-13-8-7-12-21(22)23(25(28)30)26-27-24(29)20-15-14-18-10-5-6-11-19(18)17-20/h5-8,10-15,17H,2-4,9,16H2,1H3,(H,27,29)/b26-23-. The minimum atomic E-state index is -0.333. The van der Waals surface area contributed by atoms with Gasteiger partial charge in [0.25, 0.3) is 11.8 Å². The predicted octanol–water partition coefficient (Wildman–Crippen LogP) is 4.90. The van der Waals surface area contributed by atoms with E-state index in [9.17, 15) is 9.59 Å². The Hall–Kier alpha value is -3.47. The molecule has 152 valence electrons. The first kappa shape index (κ1) is 19.8. The number of benzene rings is 3. The molecule has 0 unspecified atom stereocenters. The van der Waals surface area contributed by atoms with E-state index in [0.29, 0.717) is 12.1 Å². The molecule has 30 heavy (non-hydrogen) atoms. The van der Waals surface area contributed by atoms with Crippen molar-refractivity contribution in [3.8, 4) is 0 Å². The number of nitrogens with one attached hydrogen (secondary N) is 1. The molecule has 0 radical (unpaired) electrons. The van der Waals surface area contributed by atoms with Gasteiger partial charge in [0.1, 0.15) is 0 Å². The molecule has 0 aliphatic carbocycles. The molecule has 1 N–H and O–H groups in total. The van der Waals surface area contributed by atoms with Crippen molar-refractivity contribution >= 4 is 34.0 Å². The lowest BCUT2D eigenvalue weighted by molar-refractivity contribution is -0.112. The van der Waals surface area contributed by atoms with Crippen molar-refractivity contribution in [2.75, 3.05) is 11.4 Å². The van der Waals surface area contributed by atoms with Crippen LogP contribution in [0.2, 0.25) is 0 Å². The van der Waals surface area contributed by atoms with Gasteiger partial charge in [0.15, 0.2) is 5.71 Å². The summed E-state index contributed by atoms with van der Waals surface area (Å²) in [6, 6.07) is 21.0. The van der Waals surface area contributed by atoms with Crippen molar-refractivity contribution in [2.45, 2.75) is 32.6 Å². The molecule has 0 bridgehead atoms. The van der Waals surface area contributed by atoms with E-state index in [1.54, 1.807) is 11.0 Å². The molecule has 0 atom stereocenters. The Kier molecular flexibility index (Phi) is 5.89. The van der Waals surface area contributed by atoms with Crippen LogP contribution in [0.15, 0.2) is 71.8 Å². The van der Waals surface area contributed by atoms with Crippen LogP contribution < -0.4 is 10.3 Å². The summed E-state index contributed by atoms with van der Waals surface area (Å²) in [5.74, 6) is -0.494. The topological polar surface area (TPSA) is 61.8 Å². The molecule has 0 saturated heterocycles. The molecule has 0 spiro atoms. The van der Waals surface area contributed by atoms with Gasteiger partial charge in [0.2, 0.25) is 0 Å². The van der Waals surface area contributed by atoms with Crippen LogP contribution >= 0.6 is 0 Å². The lowest BCUT2D eigenvalue weighted by atomic mass is 10.1. The number of carbonyl (C=O) groups is 2. The SMILES string of the molecule is CCCCCCN1C(=O)/C(=N\NC(=O)c2ccc3ccccc3c2)c2ccccc21. The van der Waals surface area contributed by atoms with E-state index in [2.05, 4.69) is 17.5 Å². The van der Waals surface area contributed by atoms with Crippen LogP contribution in [0.3, 0.4) is 0 Å². The van der Waals surface area contributed by atoms with Crippen LogP contribution in [0.1, 0.15) is 48.5 Å². The highest BCUT2D eigenvalue weighted by molar-refractivity contribution is 6.54. The van der Waals surface area contributed by atoms with Crippen LogP contribution in [-0.2, 0) is 4.79 Å². The van der Waals surface area contributed by atoms with Crippen LogP contribution in [-0.4, -0.2) is 24.1 Å². The highest BCUT2D eigenvalue weighted by Crippen LogP contribution is 2.29. The third-order valence-corrected chi connectivity index (χ3v) is 5.41. The highest BCUT2D eigenvalue weighted by atomic mass is 16.2. The lowest BCUT2D eigenvalue weighted by Crippen LogP contribution is -2.32. The molecule has 5 heteroatoms. The summed E-state index contributed by atoms with van der Waals surface area (Å²) in [7, 11) is 0. The van der Waals surface area contributed by atoms with Crippen molar-refractivity contribution < 1.29 is 9.59 Å². The first-order valence-electron chi connectivity index (χ1n) is 10.5. The number of hydrogen-bond donors (Lipinski definition) is 1. The number of rotatable bonds is 7. The zero-order chi connectivity index (χ0) is 20.9. The number of fused-ring (bicyclic) bond motifs is 2. The van der Waals surface area contributed by atoms with Crippen LogP contribution in [0, 0.1) is 0 Å². The number of hydrazone groups is 1. The second-order valence-electron chi connectivity index (χ2n) is 7.50. The molecule has 1 aliphatic rings. The highest BCUT2D eigenvalue weighted by Gasteiger charge is 2.33. The van der Waals surface area contributed by atoms with E-state index in [1.165, 1.54) is 0 Å². The van der Waals surface area contributed by atoms with Gasteiger partial charge in [-0.15, -0.1) is 0 Å². The van der Waals surface area contributed by atoms with E-state index in [-0.39, 0.29) is 17.5 Å². The fraction of sp³-hybridized carbons (Fsp3) is 0.240. The molecule has 5 nitrogen and oxygen atoms in total. The van der Waals surface area contributed by atoms with Crippen molar-refractivity contribution in [1.29, 1.82) is 0 Å².